The molecule has 0 fully saturated rings. The molecule has 20 heavy (non-hydrogen) atoms. The predicted molar refractivity (Wildman–Crippen MR) is 77.9 cm³/mol. The largest absolute Gasteiger partial charge is 0.497 e. The van der Waals surface area contributed by atoms with Crippen LogP contribution >= 0.6 is 0 Å². The lowest BCUT2D eigenvalue weighted by Gasteiger charge is -2.15. The molecular formula is C14H22O5S. The first-order valence-electron chi connectivity index (χ1n) is 7.62. The summed E-state index contributed by atoms with van der Waals surface area (Å²) in [4.78, 5) is 0. The van der Waals surface area contributed by atoms with Gasteiger partial charge in [0, 0.05) is 10.2 Å². The van der Waals surface area contributed by atoms with E-state index in [0.717, 1.165) is 11.8 Å². The van der Waals surface area contributed by atoms with Crippen LogP contribution in [0.1, 0.15) is 29.4 Å². The van der Waals surface area contributed by atoms with Crippen LogP contribution < -0.4 is 9.47 Å². The summed E-state index contributed by atoms with van der Waals surface area (Å²) in [5, 5.41) is 0. The fourth-order valence-corrected chi connectivity index (χ4v) is 2.43. The quantitative estimate of drug-likeness (QED) is 0.690. The van der Waals surface area contributed by atoms with Gasteiger partial charge in [0.15, 0.2) is 0 Å². The first kappa shape index (κ1) is 12.5. The lowest BCUT2D eigenvalue weighted by Crippen LogP contribution is -2.17. The third-order valence-electron chi connectivity index (χ3n) is 2.70. The van der Waals surface area contributed by atoms with E-state index >= 15 is 0 Å². The number of hydrogen-bond donors (Lipinski definition) is 0. The number of benzene rings is 1. The fraction of sp³-hybridized carbons (Fsp3) is 0.571. The molecule has 0 saturated carbocycles. The summed E-state index contributed by atoms with van der Waals surface area (Å²) in [6, 6.07) is 5.29. The van der Waals surface area contributed by atoms with Crippen molar-refractivity contribution >= 4 is 10.1 Å². The molecule has 1 atom stereocenters. The molecule has 1 unspecified atom stereocenters. The highest BCUT2D eigenvalue weighted by molar-refractivity contribution is 7.86. The standard InChI is InChI=1S/C14H22O5S/c1-5-12(19-20(4,15)16)7-6-11-8-13(17-2)10-14(9-11)18-3/h8-10,12H,5-7H2,1-4H3/i1D3. The van der Waals surface area contributed by atoms with E-state index in [0.29, 0.717) is 17.9 Å². The molecule has 5 nitrogen and oxygen atoms in total. The van der Waals surface area contributed by atoms with Crippen LogP contribution in [-0.4, -0.2) is 35.0 Å². The number of aryl methyl sites for hydroxylation is 1. The van der Waals surface area contributed by atoms with Gasteiger partial charge in [-0.2, -0.15) is 8.42 Å². The third-order valence-corrected chi connectivity index (χ3v) is 3.33. The van der Waals surface area contributed by atoms with Crippen LogP contribution in [0.3, 0.4) is 0 Å². The summed E-state index contributed by atoms with van der Waals surface area (Å²) in [6.07, 6.45) is 0.357. The van der Waals surface area contributed by atoms with Gasteiger partial charge in [-0.3, -0.25) is 4.18 Å². The number of hydrogen-bond acceptors (Lipinski definition) is 5. The van der Waals surface area contributed by atoms with E-state index in [-0.39, 0.29) is 12.8 Å². The maximum atomic E-state index is 11.3. The van der Waals surface area contributed by atoms with Gasteiger partial charge < -0.3 is 9.47 Å². The van der Waals surface area contributed by atoms with Gasteiger partial charge in [-0.25, -0.2) is 0 Å². The second-order valence-electron chi connectivity index (χ2n) is 4.39. The first-order valence-corrected chi connectivity index (χ1v) is 7.94. The summed E-state index contributed by atoms with van der Waals surface area (Å²) in [6.45, 7) is -2.26. The smallest absolute Gasteiger partial charge is 0.264 e. The van der Waals surface area contributed by atoms with Gasteiger partial charge in [-0.05, 0) is 37.0 Å². The molecule has 0 spiro atoms. The molecule has 0 aliphatic heterocycles. The zero-order valence-electron chi connectivity index (χ0n) is 14.9. The zero-order chi connectivity index (χ0) is 17.7. The topological polar surface area (TPSA) is 61.8 Å². The molecule has 0 heterocycles. The Morgan fingerprint density at radius 3 is 2.25 bits per heavy atom. The highest BCUT2D eigenvalue weighted by atomic mass is 32.2. The van der Waals surface area contributed by atoms with E-state index in [4.69, 9.17) is 17.8 Å². The van der Waals surface area contributed by atoms with Gasteiger partial charge >= 0.3 is 0 Å². The Labute approximate surface area is 125 Å². The average Bonchev–Trinajstić information content (AvgIpc) is 2.41. The molecular weight excluding hydrogens is 280 g/mol. The molecule has 0 aromatic heterocycles. The Morgan fingerprint density at radius 2 is 1.80 bits per heavy atom. The van der Waals surface area contributed by atoms with E-state index in [1.165, 1.54) is 14.2 Å². The molecule has 0 aliphatic carbocycles. The maximum absolute atomic E-state index is 11.3. The maximum Gasteiger partial charge on any atom is 0.264 e. The first-order chi connectivity index (χ1) is 10.5. The third kappa shape index (κ3) is 5.79. The predicted octanol–water partition coefficient (Wildman–Crippen LogP) is 2.39. The van der Waals surface area contributed by atoms with Crippen LogP contribution in [0, 0.1) is 0 Å². The summed E-state index contributed by atoms with van der Waals surface area (Å²) in [7, 11) is -0.664. The Bertz CT molecular complexity index is 591. The highest BCUT2D eigenvalue weighted by Gasteiger charge is 2.14. The van der Waals surface area contributed by atoms with Crippen molar-refractivity contribution in [3.63, 3.8) is 0 Å². The van der Waals surface area contributed by atoms with E-state index in [1.807, 2.05) is 0 Å². The van der Waals surface area contributed by atoms with Gasteiger partial charge in [0.05, 0.1) is 26.6 Å². The molecule has 114 valence electrons. The number of ether oxygens (including phenoxy) is 2. The number of methoxy groups -OCH3 is 2. The van der Waals surface area contributed by atoms with Crippen molar-refractivity contribution in [3.8, 4) is 11.5 Å². The Kier molecular flexibility index (Phi) is 4.67. The summed E-state index contributed by atoms with van der Waals surface area (Å²) in [5.41, 5.74) is 0.842. The molecule has 1 aromatic rings. The van der Waals surface area contributed by atoms with Crippen LogP contribution in [0.15, 0.2) is 18.2 Å². The normalized spacial score (nSPS) is 15.8. The minimum absolute atomic E-state index is 0.252. The molecule has 0 radical (unpaired) electrons. The van der Waals surface area contributed by atoms with Crippen LogP contribution in [0.2, 0.25) is 0 Å². The minimum Gasteiger partial charge on any atom is -0.497 e. The lowest BCUT2D eigenvalue weighted by atomic mass is 10.0. The van der Waals surface area contributed by atoms with Crippen LogP contribution in [0.25, 0.3) is 0 Å². The van der Waals surface area contributed by atoms with Gasteiger partial charge in [0.1, 0.15) is 11.5 Å². The second-order valence-corrected chi connectivity index (χ2v) is 5.99. The van der Waals surface area contributed by atoms with Crippen molar-refractivity contribution in [2.24, 2.45) is 0 Å². The SMILES string of the molecule is [2H]C([2H])([2H])CC(CCc1cc(OC)cc(OC)c1)OS(C)(=O)=O. The second kappa shape index (κ2) is 7.50. The Morgan fingerprint density at radius 1 is 1.20 bits per heavy atom. The molecule has 0 amide bonds. The van der Waals surface area contributed by atoms with Gasteiger partial charge in [-0.15, -0.1) is 0 Å². The van der Waals surface area contributed by atoms with Crippen molar-refractivity contribution in [2.75, 3.05) is 20.5 Å². The zero-order valence-corrected chi connectivity index (χ0v) is 12.7. The summed E-state index contributed by atoms with van der Waals surface area (Å²) in [5.74, 6) is 1.21. The number of rotatable bonds is 8. The Hall–Kier alpha value is -1.27. The highest BCUT2D eigenvalue weighted by Crippen LogP contribution is 2.24. The summed E-state index contributed by atoms with van der Waals surface area (Å²) >= 11 is 0. The molecule has 6 heteroatoms. The molecule has 0 bridgehead atoms. The van der Waals surface area contributed by atoms with Crippen molar-refractivity contribution in [2.45, 2.75) is 32.2 Å². The van der Waals surface area contributed by atoms with E-state index in [9.17, 15) is 8.42 Å². The van der Waals surface area contributed by atoms with Gasteiger partial charge in [0.2, 0.25) is 0 Å². The monoisotopic (exact) mass is 305 g/mol. The summed E-state index contributed by atoms with van der Waals surface area (Å²) < 4.78 is 59.7. The van der Waals surface area contributed by atoms with Crippen molar-refractivity contribution < 1.29 is 26.2 Å². The minimum atomic E-state index is -3.73. The molecule has 1 rings (SSSR count). The van der Waals surface area contributed by atoms with Crippen LogP contribution in [0.5, 0.6) is 11.5 Å². The lowest BCUT2D eigenvalue weighted by molar-refractivity contribution is 0.196. The van der Waals surface area contributed by atoms with Crippen molar-refractivity contribution in [3.05, 3.63) is 23.8 Å². The molecule has 0 aliphatic rings. The van der Waals surface area contributed by atoms with Crippen molar-refractivity contribution in [1.82, 2.24) is 0 Å². The van der Waals surface area contributed by atoms with E-state index in [2.05, 4.69) is 0 Å². The van der Waals surface area contributed by atoms with Crippen LogP contribution in [-0.2, 0) is 20.7 Å². The van der Waals surface area contributed by atoms with Gasteiger partial charge in [-0.1, -0.05) is 6.85 Å². The van der Waals surface area contributed by atoms with Gasteiger partial charge in [0.25, 0.3) is 10.1 Å². The van der Waals surface area contributed by atoms with E-state index < -0.39 is 23.1 Å². The molecule has 0 N–H and O–H groups in total. The molecule has 0 saturated heterocycles. The van der Waals surface area contributed by atoms with E-state index in [1.54, 1.807) is 18.2 Å². The van der Waals surface area contributed by atoms with Crippen molar-refractivity contribution in [1.29, 1.82) is 0 Å². The average molecular weight is 305 g/mol. The van der Waals surface area contributed by atoms with Crippen LogP contribution in [0.4, 0.5) is 0 Å². The fourth-order valence-electron chi connectivity index (χ4n) is 1.77. The Balaban J connectivity index is 2.84. The molecule has 1 aromatic carbocycles.